The second kappa shape index (κ2) is 6.35. The van der Waals surface area contributed by atoms with Crippen LogP contribution in [0.15, 0.2) is 18.2 Å². The molecule has 0 saturated carbocycles. The minimum Gasteiger partial charge on any atom is -0.378 e. The maximum Gasteiger partial charge on any atom is 0.227 e. The van der Waals surface area contributed by atoms with Crippen molar-refractivity contribution in [3.05, 3.63) is 29.3 Å². The van der Waals surface area contributed by atoms with Gasteiger partial charge in [0.2, 0.25) is 5.91 Å². The Bertz CT molecular complexity index is 499. The Morgan fingerprint density at radius 2 is 2.37 bits per heavy atom. The van der Waals surface area contributed by atoms with E-state index < -0.39 is 0 Å². The van der Waals surface area contributed by atoms with Crippen molar-refractivity contribution in [2.45, 2.75) is 38.7 Å². The molecule has 0 spiro atoms. The van der Waals surface area contributed by atoms with Crippen LogP contribution in [-0.4, -0.2) is 18.6 Å². The van der Waals surface area contributed by atoms with Crippen LogP contribution in [0.25, 0.3) is 0 Å². The summed E-state index contributed by atoms with van der Waals surface area (Å²) < 4.78 is 5.54. The van der Waals surface area contributed by atoms with Gasteiger partial charge >= 0.3 is 0 Å². The van der Waals surface area contributed by atoms with Crippen LogP contribution in [0, 0.1) is 18.3 Å². The molecule has 2 rings (SSSR count). The summed E-state index contributed by atoms with van der Waals surface area (Å²) in [6.45, 7) is 2.60. The first kappa shape index (κ1) is 13.6. The first-order valence-corrected chi connectivity index (χ1v) is 6.62. The molecule has 4 nitrogen and oxygen atoms in total. The molecule has 1 aliphatic rings. The highest BCUT2D eigenvalue weighted by Gasteiger charge is 2.18. The van der Waals surface area contributed by atoms with Crippen molar-refractivity contribution in [2.24, 2.45) is 0 Å². The summed E-state index contributed by atoms with van der Waals surface area (Å²) in [5.74, 6) is -0.0889. The third-order valence-corrected chi connectivity index (χ3v) is 3.35. The molecule has 100 valence electrons. The van der Waals surface area contributed by atoms with E-state index in [1.807, 2.05) is 19.1 Å². The van der Waals surface area contributed by atoms with Gasteiger partial charge < -0.3 is 10.1 Å². The Balaban J connectivity index is 1.99. The maximum absolute atomic E-state index is 12.0. The monoisotopic (exact) mass is 258 g/mol. The van der Waals surface area contributed by atoms with Gasteiger partial charge in [-0.3, -0.25) is 4.79 Å². The maximum atomic E-state index is 12.0. The van der Waals surface area contributed by atoms with Crippen molar-refractivity contribution >= 4 is 11.6 Å². The smallest absolute Gasteiger partial charge is 0.227 e. The number of hydrogen-bond acceptors (Lipinski definition) is 3. The van der Waals surface area contributed by atoms with Crippen molar-refractivity contribution in [1.82, 2.24) is 0 Å². The number of amides is 1. The second-order valence-corrected chi connectivity index (χ2v) is 4.85. The number of ether oxygens (including phenoxy) is 1. The predicted molar refractivity (Wildman–Crippen MR) is 72.7 cm³/mol. The van der Waals surface area contributed by atoms with E-state index in [0.29, 0.717) is 17.7 Å². The summed E-state index contributed by atoms with van der Waals surface area (Å²) in [4.78, 5) is 12.0. The molecule has 0 aliphatic carbocycles. The first-order valence-electron chi connectivity index (χ1n) is 6.62. The van der Waals surface area contributed by atoms with E-state index in [0.717, 1.165) is 31.4 Å². The van der Waals surface area contributed by atoms with Crippen LogP contribution in [0.5, 0.6) is 0 Å². The van der Waals surface area contributed by atoms with Crippen molar-refractivity contribution in [3.8, 4) is 6.07 Å². The van der Waals surface area contributed by atoms with E-state index >= 15 is 0 Å². The summed E-state index contributed by atoms with van der Waals surface area (Å²) in [6.07, 6.45) is 3.51. The van der Waals surface area contributed by atoms with E-state index in [4.69, 9.17) is 10.00 Å². The Morgan fingerprint density at radius 1 is 1.53 bits per heavy atom. The minimum absolute atomic E-state index is 0.0177. The molecular weight excluding hydrogens is 240 g/mol. The highest BCUT2D eigenvalue weighted by molar-refractivity contribution is 5.92. The number of nitrogens with zero attached hydrogens (tertiary/aromatic N) is 1. The average molecular weight is 258 g/mol. The third kappa shape index (κ3) is 3.55. The Morgan fingerprint density at radius 3 is 3.05 bits per heavy atom. The Hall–Kier alpha value is -1.86. The molecule has 1 unspecified atom stereocenters. The molecule has 0 aromatic heterocycles. The molecule has 19 heavy (non-hydrogen) atoms. The van der Waals surface area contributed by atoms with Crippen LogP contribution in [-0.2, 0) is 9.53 Å². The third-order valence-electron chi connectivity index (χ3n) is 3.35. The molecule has 1 heterocycles. The van der Waals surface area contributed by atoms with Crippen LogP contribution in [0.1, 0.15) is 36.8 Å². The Labute approximate surface area is 113 Å². The van der Waals surface area contributed by atoms with Gasteiger partial charge in [-0.15, -0.1) is 0 Å². The van der Waals surface area contributed by atoms with Gasteiger partial charge in [-0.2, -0.15) is 5.26 Å². The highest BCUT2D eigenvalue weighted by Crippen LogP contribution is 2.20. The molecule has 1 aliphatic heterocycles. The SMILES string of the molecule is Cc1cccc(NC(=O)CC2CCCCO2)c1C#N. The van der Waals surface area contributed by atoms with Crippen LogP contribution < -0.4 is 5.32 Å². The number of anilines is 1. The van der Waals surface area contributed by atoms with Crippen LogP contribution >= 0.6 is 0 Å². The lowest BCUT2D eigenvalue weighted by Gasteiger charge is -2.22. The lowest BCUT2D eigenvalue weighted by atomic mass is 10.1. The largest absolute Gasteiger partial charge is 0.378 e. The number of nitriles is 1. The molecule has 0 radical (unpaired) electrons. The van der Waals surface area contributed by atoms with E-state index in [9.17, 15) is 4.79 Å². The fraction of sp³-hybridized carbons (Fsp3) is 0.467. The van der Waals surface area contributed by atoms with Gasteiger partial charge in [0.05, 0.1) is 23.8 Å². The summed E-state index contributed by atoms with van der Waals surface area (Å²) in [5, 5.41) is 11.9. The number of rotatable bonds is 3. The lowest BCUT2D eigenvalue weighted by molar-refractivity contribution is -0.119. The van der Waals surface area contributed by atoms with Gasteiger partial charge in [-0.25, -0.2) is 0 Å². The molecule has 1 aromatic rings. The normalized spacial score (nSPS) is 18.6. The number of aryl methyl sites for hydroxylation is 1. The van der Waals surface area contributed by atoms with Crippen molar-refractivity contribution in [3.63, 3.8) is 0 Å². The van der Waals surface area contributed by atoms with Gasteiger partial charge in [0.25, 0.3) is 0 Å². The second-order valence-electron chi connectivity index (χ2n) is 4.85. The van der Waals surface area contributed by atoms with Gasteiger partial charge in [-0.1, -0.05) is 12.1 Å². The zero-order valence-electron chi connectivity index (χ0n) is 11.1. The lowest BCUT2D eigenvalue weighted by Crippen LogP contribution is -2.25. The minimum atomic E-state index is -0.0889. The zero-order chi connectivity index (χ0) is 13.7. The molecule has 4 heteroatoms. The van der Waals surface area contributed by atoms with Crippen molar-refractivity contribution < 1.29 is 9.53 Å². The van der Waals surface area contributed by atoms with Crippen molar-refractivity contribution in [2.75, 3.05) is 11.9 Å². The summed E-state index contributed by atoms with van der Waals surface area (Å²) in [6, 6.07) is 7.58. The number of carbonyl (C=O) groups is 1. The van der Waals surface area contributed by atoms with Gasteiger partial charge in [0, 0.05) is 6.61 Å². The molecule has 1 N–H and O–H groups in total. The summed E-state index contributed by atoms with van der Waals surface area (Å²) in [5.41, 5.74) is 1.98. The molecule has 1 aromatic carbocycles. The van der Waals surface area contributed by atoms with E-state index in [2.05, 4.69) is 11.4 Å². The Kier molecular flexibility index (Phi) is 4.53. The van der Waals surface area contributed by atoms with E-state index in [1.54, 1.807) is 6.07 Å². The van der Waals surface area contributed by atoms with Gasteiger partial charge in [-0.05, 0) is 37.8 Å². The van der Waals surface area contributed by atoms with E-state index in [-0.39, 0.29) is 12.0 Å². The van der Waals surface area contributed by atoms with Crippen molar-refractivity contribution in [1.29, 1.82) is 5.26 Å². The topological polar surface area (TPSA) is 62.1 Å². The molecule has 0 bridgehead atoms. The van der Waals surface area contributed by atoms with E-state index in [1.165, 1.54) is 0 Å². The average Bonchev–Trinajstić information content (AvgIpc) is 2.40. The molecule has 1 fully saturated rings. The zero-order valence-corrected chi connectivity index (χ0v) is 11.1. The van der Waals surface area contributed by atoms with Gasteiger partial charge in [0.1, 0.15) is 6.07 Å². The fourth-order valence-electron chi connectivity index (χ4n) is 2.30. The van der Waals surface area contributed by atoms with Crippen LogP contribution in [0.4, 0.5) is 5.69 Å². The molecule has 1 saturated heterocycles. The first-order chi connectivity index (χ1) is 9.20. The number of nitrogens with one attached hydrogen (secondary N) is 1. The molecular formula is C15H18N2O2. The molecule has 1 atom stereocenters. The molecule has 1 amide bonds. The quantitative estimate of drug-likeness (QED) is 0.906. The van der Waals surface area contributed by atoms with Crippen LogP contribution in [0.2, 0.25) is 0 Å². The number of benzene rings is 1. The summed E-state index contributed by atoms with van der Waals surface area (Å²) in [7, 11) is 0. The standard InChI is InChI=1S/C15H18N2O2/c1-11-5-4-7-14(13(11)10-16)17-15(18)9-12-6-2-3-8-19-12/h4-5,7,12H,2-3,6,8-9H2,1H3,(H,17,18). The fourth-order valence-corrected chi connectivity index (χ4v) is 2.30. The summed E-state index contributed by atoms with van der Waals surface area (Å²) >= 11 is 0. The van der Waals surface area contributed by atoms with Gasteiger partial charge in [0.15, 0.2) is 0 Å². The predicted octanol–water partition coefficient (Wildman–Crippen LogP) is 2.76. The van der Waals surface area contributed by atoms with Crippen LogP contribution in [0.3, 0.4) is 0 Å². The number of carbonyl (C=O) groups excluding carboxylic acids is 1. The highest BCUT2D eigenvalue weighted by atomic mass is 16.5. The number of hydrogen-bond donors (Lipinski definition) is 1.